The van der Waals surface area contributed by atoms with Crippen LogP contribution in [0, 0.1) is 0 Å². The monoisotopic (exact) mass is 307 g/mol. The van der Waals surface area contributed by atoms with Crippen LogP contribution in [0.3, 0.4) is 0 Å². The Morgan fingerprint density at radius 2 is 1.56 bits per heavy atom. The number of carbonyl (C=O) groups is 2. The first-order valence-electron chi connectivity index (χ1n) is 4.76. The van der Waals surface area contributed by atoms with Gasteiger partial charge in [-0.2, -0.15) is 0 Å². The Kier molecular flexibility index (Phi) is 9.40. The van der Waals surface area contributed by atoms with Crippen molar-refractivity contribution in [3.8, 4) is 0 Å². The largest absolute Gasteiger partial charge is 1.00 e. The molecule has 0 saturated carbocycles. The summed E-state index contributed by atoms with van der Waals surface area (Å²) in [6, 6.07) is 9.64. The molecule has 0 radical (unpaired) electrons. The molecule has 0 spiro atoms. The average Bonchev–Trinajstić information content (AvgIpc) is 2.25. The predicted molar refractivity (Wildman–Crippen MR) is 63.4 cm³/mol. The summed E-state index contributed by atoms with van der Waals surface area (Å²) < 4.78 is 0. The van der Waals surface area contributed by atoms with Gasteiger partial charge in [-0.25, -0.2) is 0 Å². The van der Waals surface area contributed by atoms with Gasteiger partial charge >= 0.3 is 0 Å². The summed E-state index contributed by atoms with van der Waals surface area (Å²) in [5.41, 5.74) is 1.61. The van der Waals surface area contributed by atoms with Crippen molar-refractivity contribution in [3.63, 3.8) is 0 Å². The van der Waals surface area contributed by atoms with Crippen LogP contribution in [-0.2, 0) is 33.1 Å². The molecule has 1 aliphatic carbocycles. The molecular weight excluding hydrogens is 293 g/mol. The van der Waals surface area contributed by atoms with E-state index in [9.17, 15) is 9.59 Å². The molecule has 0 aromatic heterocycles. The molecule has 98 valence electrons. The Balaban J connectivity index is 0. The van der Waals surface area contributed by atoms with Crippen LogP contribution >= 0.6 is 0 Å². The van der Waals surface area contributed by atoms with Gasteiger partial charge in [0.25, 0.3) is 0 Å². The second-order valence-electron chi connectivity index (χ2n) is 3.43. The maximum Gasteiger partial charge on any atom is 0.182 e. The molecule has 0 saturated heterocycles. The zero-order valence-electron chi connectivity index (χ0n) is 9.87. The van der Waals surface area contributed by atoms with Crippen molar-refractivity contribution in [2.45, 2.75) is 6.42 Å². The van der Waals surface area contributed by atoms with Gasteiger partial charge in [0.2, 0.25) is 0 Å². The molecule has 1 aromatic carbocycles. The third-order valence-electron chi connectivity index (χ3n) is 2.27. The van der Waals surface area contributed by atoms with Gasteiger partial charge in [-0.05, 0) is 23.8 Å². The maximum absolute atomic E-state index is 11.4. The van der Waals surface area contributed by atoms with E-state index in [-0.39, 0.29) is 47.2 Å². The Bertz CT molecular complexity index is 469. The van der Waals surface area contributed by atoms with E-state index < -0.39 is 0 Å². The van der Waals surface area contributed by atoms with Crippen molar-refractivity contribution < 1.29 is 39.1 Å². The molecule has 5 heteroatoms. The first-order valence-corrected chi connectivity index (χ1v) is 4.76. The number of hydrogen-bond acceptors (Lipinski definition) is 2. The SMILES string of the molecule is O=C1C=CC(=O)C(Cc2ccccc2)=C1.[Cl-].[Fe].[NH4+]. The second kappa shape index (κ2) is 8.84. The first kappa shape index (κ1) is 19.2. The summed E-state index contributed by atoms with van der Waals surface area (Å²) >= 11 is 0. The second-order valence-corrected chi connectivity index (χ2v) is 3.43. The van der Waals surface area contributed by atoms with Gasteiger partial charge < -0.3 is 18.6 Å². The minimum atomic E-state index is -0.111. The van der Waals surface area contributed by atoms with E-state index in [4.69, 9.17) is 0 Å². The molecule has 4 N–H and O–H groups in total. The third-order valence-corrected chi connectivity index (χ3v) is 2.27. The molecular formula is C13H14ClFeNO2. The van der Waals surface area contributed by atoms with Crippen LogP contribution in [-0.4, -0.2) is 11.6 Å². The molecule has 0 bridgehead atoms. The van der Waals surface area contributed by atoms with E-state index in [1.807, 2.05) is 30.3 Å². The van der Waals surface area contributed by atoms with E-state index in [2.05, 4.69) is 0 Å². The molecule has 0 amide bonds. The summed E-state index contributed by atoms with van der Waals surface area (Å²) in [5.74, 6) is -0.181. The first-order chi connectivity index (χ1) is 7.25. The Morgan fingerprint density at radius 3 is 2.17 bits per heavy atom. The molecule has 0 atom stereocenters. The number of rotatable bonds is 2. The third kappa shape index (κ3) is 4.98. The van der Waals surface area contributed by atoms with Crippen LogP contribution in [0.15, 0.2) is 54.1 Å². The van der Waals surface area contributed by atoms with Crippen molar-refractivity contribution >= 4 is 11.6 Å². The van der Waals surface area contributed by atoms with Crippen LogP contribution in [0.2, 0.25) is 0 Å². The van der Waals surface area contributed by atoms with E-state index >= 15 is 0 Å². The van der Waals surface area contributed by atoms with Gasteiger partial charge in [-0.15, -0.1) is 0 Å². The quantitative estimate of drug-likeness (QED) is 0.576. The molecule has 0 fully saturated rings. The Labute approximate surface area is 123 Å². The zero-order valence-corrected chi connectivity index (χ0v) is 11.7. The summed E-state index contributed by atoms with van der Waals surface area (Å²) in [6.45, 7) is 0. The van der Waals surface area contributed by atoms with E-state index in [1.165, 1.54) is 18.2 Å². The van der Waals surface area contributed by atoms with Gasteiger partial charge in [0.1, 0.15) is 0 Å². The van der Waals surface area contributed by atoms with Crippen LogP contribution in [0.5, 0.6) is 0 Å². The normalized spacial score (nSPS) is 12.8. The Morgan fingerprint density at radius 1 is 0.944 bits per heavy atom. The van der Waals surface area contributed by atoms with Gasteiger partial charge in [0, 0.05) is 29.1 Å². The van der Waals surface area contributed by atoms with E-state index in [0.717, 1.165) is 5.56 Å². The number of ketones is 2. The van der Waals surface area contributed by atoms with E-state index in [0.29, 0.717) is 12.0 Å². The molecule has 1 aromatic rings. The van der Waals surface area contributed by atoms with Gasteiger partial charge in [0.05, 0.1) is 0 Å². The minimum absolute atomic E-state index is 0. The van der Waals surface area contributed by atoms with Crippen LogP contribution < -0.4 is 18.6 Å². The molecule has 3 nitrogen and oxygen atoms in total. The average molecular weight is 308 g/mol. The topological polar surface area (TPSA) is 70.6 Å². The van der Waals surface area contributed by atoms with Crippen LogP contribution in [0.25, 0.3) is 0 Å². The van der Waals surface area contributed by atoms with Crippen LogP contribution in [0.4, 0.5) is 0 Å². The summed E-state index contributed by atoms with van der Waals surface area (Å²) in [5, 5.41) is 0. The Hall–Kier alpha value is -1.19. The van der Waals surface area contributed by atoms with Crippen molar-refractivity contribution in [1.29, 1.82) is 0 Å². The predicted octanol–water partition coefficient (Wildman–Crippen LogP) is -0.759. The van der Waals surface area contributed by atoms with Crippen molar-refractivity contribution in [1.82, 2.24) is 6.15 Å². The smallest absolute Gasteiger partial charge is 0.182 e. The molecule has 0 unspecified atom stereocenters. The van der Waals surface area contributed by atoms with Gasteiger partial charge in [0.15, 0.2) is 11.6 Å². The maximum atomic E-state index is 11.4. The zero-order chi connectivity index (χ0) is 10.7. The number of hydrogen-bond donors (Lipinski definition) is 1. The number of quaternary nitrogens is 1. The minimum Gasteiger partial charge on any atom is -1.00 e. The van der Waals surface area contributed by atoms with Crippen molar-refractivity contribution in [2.75, 3.05) is 0 Å². The van der Waals surface area contributed by atoms with Gasteiger partial charge in [-0.3, -0.25) is 9.59 Å². The fourth-order valence-corrected chi connectivity index (χ4v) is 1.51. The number of carbonyl (C=O) groups excluding carboxylic acids is 2. The molecule has 2 rings (SSSR count). The van der Waals surface area contributed by atoms with Crippen molar-refractivity contribution in [2.24, 2.45) is 0 Å². The molecule has 18 heavy (non-hydrogen) atoms. The molecule has 1 aliphatic rings. The standard InChI is InChI=1S/C13H10O2.ClH.Fe.H3N/c14-12-6-7-13(15)11(9-12)8-10-4-2-1-3-5-10;;;/h1-7,9H,8H2;1H;;1H3. The summed E-state index contributed by atoms with van der Waals surface area (Å²) in [4.78, 5) is 22.5. The van der Waals surface area contributed by atoms with Crippen LogP contribution in [0.1, 0.15) is 5.56 Å². The number of halogens is 1. The summed E-state index contributed by atoms with van der Waals surface area (Å²) in [7, 11) is 0. The number of benzene rings is 1. The summed E-state index contributed by atoms with van der Waals surface area (Å²) in [6.07, 6.45) is 4.57. The van der Waals surface area contributed by atoms with E-state index in [1.54, 1.807) is 0 Å². The van der Waals surface area contributed by atoms with Gasteiger partial charge in [-0.1, -0.05) is 30.3 Å². The fourth-order valence-electron chi connectivity index (χ4n) is 1.51. The molecule has 0 heterocycles. The number of allylic oxidation sites excluding steroid dienone is 4. The van der Waals surface area contributed by atoms with Crippen molar-refractivity contribution in [3.05, 3.63) is 59.7 Å². The molecule has 0 aliphatic heterocycles. The fraction of sp³-hybridized carbons (Fsp3) is 0.0769.